The summed E-state index contributed by atoms with van der Waals surface area (Å²) in [5.41, 5.74) is 4.70. The average Bonchev–Trinajstić information content (AvgIpc) is 2.13. The molecule has 0 fully saturated rings. The molecule has 0 spiro atoms. The van der Waals surface area contributed by atoms with Crippen molar-refractivity contribution in [2.24, 2.45) is 11.1 Å². The third-order valence-corrected chi connectivity index (χ3v) is 3.25. The number of amides is 1. The summed E-state index contributed by atoms with van der Waals surface area (Å²) in [5.74, 6) is 0.214. The second-order valence-corrected chi connectivity index (χ2v) is 4.62. The molecule has 0 aromatic rings. The van der Waals surface area contributed by atoms with Gasteiger partial charge in [-0.1, -0.05) is 13.0 Å². The van der Waals surface area contributed by atoms with Crippen molar-refractivity contribution in [3.63, 3.8) is 0 Å². The molecule has 4 heteroatoms. The van der Waals surface area contributed by atoms with E-state index in [1.54, 1.807) is 6.92 Å². The van der Waals surface area contributed by atoms with Crippen molar-refractivity contribution in [2.75, 3.05) is 0 Å². The monoisotopic (exact) mass is 225 g/mol. The predicted octanol–water partition coefficient (Wildman–Crippen LogP) is 2.18. The molecule has 16 heavy (non-hydrogen) atoms. The zero-order valence-electron chi connectivity index (χ0n) is 9.86. The molecule has 4 nitrogen and oxygen atoms in total. The van der Waals surface area contributed by atoms with Crippen molar-refractivity contribution < 1.29 is 14.3 Å². The Morgan fingerprint density at radius 3 is 2.75 bits per heavy atom. The van der Waals surface area contributed by atoms with Gasteiger partial charge in [-0.05, 0) is 38.7 Å². The first-order valence-electron chi connectivity index (χ1n) is 5.58. The molecule has 0 aliphatic heterocycles. The van der Waals surface area contributed by atoms with E-state index in [9.17, 15) is 9.59 Å². The highest BCUT2D eigenvalue weighted by Gasteiger charge is 2.29. The molecule has 2 unspecified atom stereocenters. The van der Waals surface area contributed by atoms with Gasteiger partial charge in [0.2, 0.25) is 0 Å². The first-order valence-corrected chi connectivity index (χ1v) is 5.58. The van der Waals surface area contributed by atoms with Crippen LogP contribution in [0.4, 0.5) is 4.79 Å². The van der Waals surface area contributed by atoms with E-state index in [2.05, 4.69) is 0 Å². The lowest BCUT2D eigenvalue weighted by atomic mass is 9.77. The lowest BCUT2D eigenvalue weighted by Crippen LogP contribution is -2.28. The third-order valence-electron chi connectivity index (χ3n) is 3.25. The van der Waals surface area contributed by atoms with E-state index in [1.165, 1.54) is 0 Å². The maximum absolute atomic E-state index is 11.5. The number of primary amides is 1. The van der Waals surface area contributed by atoms with Crippen LogP contribution in [0, 0.1) is 5.41 Å². The van der Waals surface area contributed by atoms with Crippen molar-refractivity contribution in [1.82, 2.24) is 0 Å². The number of carbonyl (C=O) groups excluding carboxylic acids is 2. The van der Waals surface area contributed by atoms with Gasteiger partial charge in [-0.2, -0.15) is 0 Å². The standard InChI is InChI=1S/C12H19NO3/c1-9(14)12(2)7-3-5-10(6-4-8-12)16-11(13)15/h3,5,10H,4,6-8H2,1-2H3,(H2,13,15)/b5-3+. The second-order valence-electron chi connectivity index (χ2n) is 4.62. The number of allylic oxidation sites excluding steroid dienone is 1. The number of nitrogens with two attached hydrogens (primary N) is 1. The molecule has 0 saturated heterocycles. The van der Waals surface area contributed by atoms with Gasteiger partial charge < -0.3 is 10.5 Å². The van der Waals surface area contributed by atoms with Crippen LogP contribution >= 0.6 is 0 Å². The van der Waals surface area contributed by atoms with E-state index in [-0.39, 0.29) is 17.3 Å². The van der Waals surface area contributed by atoms with Crippen LogP contribution in [0.3, 0.4) is 0 Å². The van der Waals surface area contributed by atoms with Crippen LogP contribution in [0.2, 0.25) is 0 Å². The van der Waals surface area contributed by atoms with Gasteiger partial charge in [0, 0.05) is 5.41 Å². The van der Waals surface area contributed by atoms with Gasteiger partial charge in [0.05, 0.1) is 0 Å². The Balaban J connectivity index is 2.64. The summed E-state index contributed by atoms with van der Waals surface area (Å²) < 4.78 is 4.92. The van der Waals surface area contributed by atoms with E-state index in [0.717, 1.165) is 19.3 Å². The van der Waals surface area contributed by atoms with Crippen molar-refractivity contribution in [2.45, 2.75) is 45.6 Å². The quantitative estimate of drug-likeness (QED) is 0.732. The van der Waals surface area contributed by atoms with E-state index >= 15 is 0 Å². The zero-order valence-corrected chi connectivity index (χ0v) is 9.86. The van der Waals surface area contributed by atoms with Crippen LogP contribution in [0.15, 0.2) is 12.2 Å². The number of ketones is 1. The van der Waals surface area contributed by atoms with Crippen LogP contribution in [-0.4, -0.2) is 18.0 Å². The Labute approximate surface area is 95.8 Å². The molecular formula is C12H19NO3. The molecule has 0 radical (unpaired) electrons. The number of carbonyl (C=O) groups is 2. The minimum absolute atomic E-state index is 0.214. The maximum atomic E-state index is 11.5. The molecule has 1 amide bonds. The molecule has 1 aliphatic rings. The van der Waals surface area contributed by atoms with Crippen molar-refractivity contribution in [3.05, 3.63) is 12.2 Å². The lowest BCUT2D eigenvalue weighted by molar-refractivity contribution is -0.126. The fraction of sp³-hybridized carbons (Fsp3) is 0.667. The minimum Gasteiger partial charge on any atom is -0.442 e. The highest BCUT2D eigenvalue weighted by atomic mass is 16.6. The molecule has 0 bridgehead atoms. The van der Waals surface area contributed by atoms with Crippen LogP contribution in [0.1, 0.15) is 39.5 Å². The highest BCUT2D eigenvalue weighted by molar-refractivity contribution is 5.82. The molecule has 2 N–H and O–H groups in total. The number of Topliss-reactive ketones (excluding diaryl/α,β-unsaturated/α-hetero) is 1. The van der Waals surface area contributed by atoms with Crippen molar-refractivity contribution >= 4 is 11.9 Å². The zero-order chi connectivity index (χ0) is 12.2. The lowest BCUT2D eigenvalue weighted by Gasteiger charge is -2.28. The summed E-state index contributed by atoms with van der Waals surface area (Å²) in [6.45, 7) is 3.61. The normalized spacial score (nSPS) is 32.2. The van der Waals surface area contributed by atoms with Crippen molar-refractivity contribution in [3.8, 4) is 0 Å². The van der Waals surface area contributed by atoms with Gasteiger partial charge in [-0.15, -0.1) is 0 Å². The number of hydrogen-bond acceptors (Lipinski definition) is 3. The first-order chi connectivity index (χ1) is 7.44. The third kappa shape index (κ3) is 3.36. The summed E-state index contributed by atoms with van der Waals surface area (Å²) in [6, 6.07) is 0. The topological polar surface area (TPSA) is 69.4 Å². The molecule has 2 atom stereocenters. The summed E-state index contributed by atoms with van der Waals surface area (Å²) in [6.07, 6.45) is 5.85. The molecule has 0 aromatic heterocycles. The molecular weight excluding hydrogens is 206 g/mol. The average molecular weight is 225 g/mol. The number of rotatable bonds is 2. The van der Waals surface area contributed by atoms with E-state index in [4.69, 9.17) is 10.5 Å². The summed E-state index contributed by atoms with van der Waals surface area (Å²) in [4.78, 5) is 22.1. The Kier molecular flexibility index (Phi) is 4.10. The second kappa shape index (κ2) is 5.14. The number of ether oxygens (including phenoxy) is 1. The van der Waals surface area contributed by atoms with Crippen LogP contribution in [0.5, 0.6) is 0 Å². The van der Waals surface area contributed by atoms with Gasteiger partial charge in [0.25, 0.3) is 0 Å². The van der Waals surface area contributed by atoms with Crippen LogP contribution in [-0.2, 0) is 9.53 Å². The Morgan fingerprint density at radius 2 is 2.19 bits per heavy atom. The molecule has 1 rings (SSSR count). The van der Waals surface area contributed by atoms with E-state index < -0.39 is 6.09 Å². The molecule has 0 heterocycles. The highest BCUT2D eigenvalue weighted by Crippen LogP contribution is 2.32. The molecule has 0 saturated carbocycles. The Bertz CT molecular complexity index is 311. The summed E-state index contributed by atoms with van der Waals surface area (Å²) >= 11 is 0. The summed E-state index contributed by atoms with van der Waals surface area (Å²) in [7, 11) is 0. The number of hydrogen-bond donors (Lipinski definition) is 1. The van der Waals surface area contributed by atoms with Gasteiger partial charge in [0.1, 0.15) is 11.9 Å². The smallest absolute Gasteiger partial charge is 0.405 e. The van der Waals surface area contributed by atoms with Gasteiger partial charge >= 0.3 is 6.09 Å². The van der Waals surface area contributed by atoms with E-state index in [0.29, 0.717) is 6.42 Å². The fourth-order valence-corrected chi connectivity index (χ4v) is 1.94. The first kappa shape index (κ1) is 12.7. The SMILES string of the molecule is CC(=O)C1(C)C/C=C/C(OC(N)=O)CCC1. The Morgan fingerprint density at radius 1 is 1.50 bits per heavy atom. The fourth-order valence-electron chi connectivity index (χ4n) is 1.94. The summed E-state index contributed by atoms with van der Waals surface area (Å²) in [5, 5.41) is 0. The molecule has 0 aromatic carbocycles. The van der Waals surface area contributed by atoms with Crippen molar-refractivity contribution in [1.29, 1.82) is 0 Å². The van der Waals surface area contributed by atoms with Crippen LogP contribution < -0.4 is 5.73 Å². The molecule has 1 aliphatic carbocycles. The largest absolute Gasteiger partial charge is 0.442 e. The van der Waals surface area contributed by atoms with Gasteiger partial charge in [0.15, 0.2) is 0 Å². The minimum atomic E-state index is -0.746. The van der Waals surface area contributed by atoms with Gasteiger partial charge in [-0.25, -0.2) is 4.79 Å². The maximum Gasteiger partial charge on any atom is 0.405 e. The molecule has 90 valence electrons. The van der Waals surface area contributed by atoms with Crippen LogP contribution in [0.25, 0.3) is 0 Å². The van der Waals surface area contributed by atoms with E-state index in [1.807, 2.05) is 19.1 Å². The Hall–Kier alpha value is -1.32. The van der Waals surface area contributed by atoms with Gasteiger partial charge in [-0.3, -0.25) is 4.79 Å². The predicted molar refractivity (Wildman–Crippen MR) is 60.9 cm³/mol.